The molecule has 0 radical (unpaired) electrons. The Kier molecular flexibility index (Phi) is 24.0. The minimum atomic E-state index is -1.13. The highest BCUT2D eigenvalue weighted by molar-refractivity contribution is 6.12. The van der Waals surface area contributed by atoms with Crippen molar-refractivity contribution in [3.8, 4) is 11.4 Å². The molecule has 0 unspecified atom stereocenters. The predicted octanol–water partition coefficient (Wildman–Crippen LogP) is 7.04. The SMILES string of the molecule is CC(C)[C@H](NC(=O)CCCCCN1C(=O)C=CC1=O)C(=O)N[C@@H](CCCNC(N)=O)C(=O)Nc1ccc(COC(=O)N[C@H](CF)CCN(C(=O)N2C[C@@H](C)O[C@@H](C)C2)[C@@H](c2nc(-c3cc(F)cc(F)c3)nn2Cc2ccccc2)C(C)(C)C)cc1. The van der Waals surface area contributed by atoms with Crippen molar-refractivity contribution in [1.82, 2.24) is 50.7 Å². The van der Waals surface area contributed by atoms with Gasteiger partial charge in [0.1, 0.15) is 37.0 Å². The number of aromatic nitrogens is 3. The molecule has 3 heterocycles. The van der Waals surface area contributed by atoms with Gasteiger partial charge in [-0.1, -0.05) is 83.5 Å². The van der Waals surface area contributed by atoms with Gasteiger partial charge in [-0.05, 0) is 92.7 Å². The fraction of sp³-hybridized carbons (Fsp3) is 0.500. The molecule has 25 heteroatoms. The molecule has 0 spiro atoms. The number of benzene rings is 3. The van der Waals surface area contributed by atoms with Crippen LogP contribution in [0.1, 0.15) is 116 Å². The topological polar surface area (TPSA) is 282 Å². The molecule has 22 nitrogen and oxygen atoms in total. The van der Waals surface area contributed by atoms with E-state index >= 15 is 9.18 Å². The van der Waals surface area contributed by atoms with E-state index < -0.39 is 83.8 Å². The van der Waals surface area contributed by atoms with Crippen LogP contribution in [-0.2, 0) is 46.6 Å². The summed E-state index contributed by atoms with van der Waals surface area (Å²) in [6.07, 6.45) is 2.69. The van der Waals surface area contributed by atoms with Gasteiger partial charge in [0.15, 0.2) is 11.6 Å². The number of alkyl halides is 1. The Hall–Kier alpha value is -8.35. The third kappa shape index (κ3) is 19.9. The van der Waals surface area contributed by atoms with Crippen LogP contribution in [0.2, 0.25) is 0 Å². The van der Waals surface area contributed by atoms with Gasteiger partial charge in [-0.15, -0.1) is 0 Å². The van der Waals surface area contributed by atoms with Crippen LogP contribution in [0.3, 0.4) is 0 Å². The van der Waals surface area contributed by atoms with Gasteiger partial charge < -0.3 is 51.6 Å². The lowest BCUT2D eigenvalue weighted by molar-refractivity contribution is -0.137. The number of urea groups is 2. The Morgan fingerprint density at radius 3 is 2.09 bits per heavy atom. The second kappa shape index (κ2) is 31.0. The van der Waals surface area contributed by atoms with E-state index in [4.69, 9.17) is 25.3 Å². The summed E-state index contributed by atoms with van der Waals surface area (Å²) in [5.41, 5.74) is 6.18. The van der Waals surface area contributed by atoms with Crippen molar-refractivity contribution >= 4 is 53.4 Å². The maximum absolute atomic E-state index is 15.0. The number of alkyl carbamates (subject to hydrolysis) is 1. The van der Waals surface area contributed by atoms with Crippen LogP contribution in [0, 0.1) is 23.0 Å². The lowest BCUT2D eigenvalue weighted by Crippen LogP contribution is -2.55. The summed E-state index contributed by atoms with van der Waals surface area (Å²) in [6, 6.07) is 13.3. The second-order valence-corrected chi connectivity index (χ2v) is 22.8. The van der Waals surface area contributed by atoms with E-state index in [0.29, 0.717) is 36.3 Å². The van der Waals surface area contributed by atoms with Gasteiger partial charge in [0.25, 0.3) is 11.8 Å². The van der Waals surface area contributed by atoms with Gasteiger partial charge in [-0.3, -0.25) is 28.9 Å². The van der Waals surface area contributed by atoms with Gasteiger partial charge in [-0.2, -0.15) is 5.10 Å². The molecule has 2 aliphatic rings. The first-order chi connectivity index (χ1) is 40.4. The Balaban J connectivity index is 1.10. The molecule has 1 saturated heterocycles. The number of carbonyl (C=O) groups is 8. The third-order valence-corrected chi connectivity index (χ3v) is 14.2. The lowest BCUT2D eigenvalue weighted by atomic mass is 9.84. The molecule has 2 aliphatic heterocycles. The zero-order chi connectivity index (χ0) is 62.0. The molecule has 4 aromatic rings. The fourth-order valence-corrected chi connectivity index (χ4v) is 10.0. The smallest absolute Gasteiger partial charge is 0.407 e. The first-order valence-corrected chi connectivity index (χ1v) is 28.6. The quantitative estimate of drug-likeness (QED) is 0.0247. The van der Waals surface area contributed by atoms with Crippen LogP contribution in [0.25, 0.3) is 11.4 Å². The van der Waals surface area contributed by atoms with E-state index in [1.807, 2.05) is 65.0 Å². The average molecular weight is 1190 g/mol. The van der Waals surface area contributed by atoms with Crippen LogP contribution in [-0.4, -0.2) is 147 Å². The standard InChI is InChI=1S/C60H79F3N12O10/c1-37(2)51(69-48(76)18-12-9-13-27-73-49(77)23-24-50(73)78)56(80)68-47(17-14-26-65-57(64)81)55(79)66-45-21-19-41(20-22-45)36-84-58(82)67-46(32-61)25-28-74(59(83)72-33-38(3)85-39(4)34-72)52(60(5,6)7)54-70-53(42-29-43(62)31-44(63)30-42)71-75(54)35-40-15-10-8-11-16-40/h8,10-11,15-16,19-24,29-31,37-39,46-47,51-52H,9,12-14,17-18,25-28,32-36H2,1-7H3,(H,66,79)(H,67,82)(H,68,80)(H,69,76)(H3,64,65,81)/t38-,39+,46-,47-,51-,52-/m0/s1. The first-order valence-electron chi connectivity index (χ1n) is 28.6. The maximum Gasteiger partial charge on any atom is 0.407 e. The summed E-state index contributed by atoms with van der Waals surface area (Å²) < 4.78 is 57.4. The highest BCUT2D eigenvalue weighted by atomic mass is 19.1. The third-order valence-electron chi connectivity index (χ3n) is 14.2. The van der Waals surface area contributed by atoms with Gasteiger partial charge in [0.05, 0.1) is 30.8 Å². The number of halogens is 3. The number of unbranched alkanes of at least 4 members (excludes halogenated alkanes) is 2. The Bertz CT molecular complexity index is 2950. The van der Waals surface area contributed by atoms with Gasteiger partial charge in [0, 0.05) is 68.6 Å². The van der Waals surface area contributed by atoms with Crippen LogP contribution in [0.15, 0.2) is 84.9 Å². The van der Waals surface area contributed by atoms with Gasteiger partial charge in [0.2, 0.25) is 17.7 Å². The van der Waals surface area contributed by atoms with Gasteiger partial charge >= 0.3 is 18.2 Å². The van der Waals surface area contributed by atoms with E-state index in [1.165, 1.54) is 12.2 Å². The number of ether oxygens (including phenoxy) is 2. The van der Waals surface area contributed by atoms with Crippen molar-refractivity contribution in [3.63, 3.8) is 0 Å². The molecular weight excluding hydrogens is 1110 g/mol. The molecule has 3 aromatic carbocycles. The number of nitrogens with one attached hydrogen (secondary N) is 5. The largest absolute Gasteiger partial charge is 0.445 e. The fourth-order valence-electron chi connectivity index (χ4n) is 10.0. The number of carbonyl (C=O) groups excluding carboxylic acids is 8. The van der Waals surface area contributed by atoms with E-state index in [9.17, 15) is 42.3 Å². The molecule has 460 valence electrons. The van der Waals surface area contributed by atoms with Crippen LogP contribution in [0.4, 0.5) is 33.2 Å². The number of primary amides is 1. The monoisotopic (exact) mass is 1180 g/mol. The van der Waals surface area contributed by atoms with E-state index in [1.54, 1.807) is 52.6 Å². The van der Waals surface area contributed by atoms with Crippen molar-refractivity contribution in [3.05, 3.63) is 114 Å². The first kappa shape index (κ1) is 65.8. The normalized spacial score (nSPS) is 16.6. The summed E-state index contributed by atoms with van der Waals surface area (Å²) in [4.78, 5) is 113. The zero-order valence-electron chi connectivity index (χ0n) is 49.2. The van der Waals surface area contributed by atoms with E-state index in [2.05, 4.69) is 26.6 Å². The number of hydrogen-bond donors (Lipinski definition) is 6. The number of anilines is 1. The number of morpholine rings is 1. The van der Waals surface area contributed by atoms with Crippen molar-refractivity contribution in [2.24, 2.45) is 17.1 Å². The van der Waals surface area contributed by atoms with Crippen LogP contribution in [0.5, 0.6) is 0 Å². The molecule has 1 aromatic heterocycles. The Labute approximate surface area is 493 Å². The minimum absolute atomic E-state index is 0.0256. The minimum Gasteiger partial charge on any atom is -0.445 e. The van der Waals surface area contributed by atoms with Crippen LogP contribution >= 0.6 is 0 Å². The summed E-state index contributed by atoms with van der Waals surface area (Å²) in [6.45, 7) is 12.6. The van der Waals surface area contributed by atoms with E-state index in [0.717, 1.165) is 28.7 Å². The molecule has 6 rings (SSSR count). The summed E-state index contributed by atoms with van der Waals surface area (Å²) >= 11 is 0. The summed E-state index contributed by atoms with van der Waals surface area (Å²) in [5.74, 6) is -4.06. The number of nitrogens with zero attached hydrogens (tertiary/aromatic N) is 6. The molecule has 0 bridgehead atoms. The Morgan fingerprint density at radius 1 is 0.824 bits per heavy atom. The van der Waals surface area contributed by atoms with E-state index in [-0.39, 0.29) is 113 Å². The maximum atomic E-state index is 15.0. The molecule has 1 fully saturated rings. The van der Waals surface area contributed by atoms with Crippen molar-refractivity contribution < 1.29 is 61.0 Å². The number of imide groups is 1. The molecule has 85 heavy (non-hydrogen) atoms. The molecule has 6 atom stereocenters. The van der Waals surface area contributed by atoms with Gasteiger partial charge in [-0.25, -0.2) is 37.2 Å². The van der Waals surface area contributed by atoms with Crippen molar-refractivity contribution in [2.75, 3.05) is 44.7 Å². The van der Waals surface area contributed by atoms with Crippen molar-refractivity contribution in [2.45, 2.75) is 143 Å². The molecule has 7 N–H and O–H groups in total. The zero-order valence-corrected chi connectivity index (χ0v) is 49.2. The average Bonchev–Trinajstić information content (AvgIpc) is 2.87. The summed E-state index contributed by atoms with van der Waals surface area (Å²) in [5, 5.41) is 18.1. The predicted molar refractivity (Wildman–Crippen MR) is 309 cm³/mol. The highest BCUT2D eigenvalue weighted by Gasteiger charge is 2.42. The number of rotatable bonds is 28. The number of amides is 10. The summed E-state index contributed by atoms with van der Waals surface area (Å²) in [7, 11) is 0. The lowest BCUT2D eigenvalue weighted by Gasteiger charge is -2.44. The second-order valence-electron chi connectivity index (χ2n) is 22.8. The number of hydrogen-bond acceptors (Lipinski definition) is 12. The Morgan fingerprint density at radius 2 is 1.48 bits per heavy atom. The molecular formula is C60H79F3N12O10. The van der Waals surface area contributed by atoms with Crippen molar-refractivity contribution in [1.29, 1.82) is 0 Å². The molecule has 10 amide bonds. The molecule has 0 saturated carbocycles. The number of nitrogens with two attached hydrogens (primary N) is 1. The molecule has 0 aliphatic carbocycles. The van der Waals surface area contributed by atoms with Crippen LogP contribution < -0.4 is 32.3 Å². The highest BCUT2D eigenvalue weighted by Crippen LogP contribution is 2.40.